The number of amides is 1. The molecule has 31 heavy (non-hydrogen) atoms. The van der Waals surface area contributed by atoms with Crippen molar-refractivity contribution in [2.24, 2.45) is 0 Å². The van der Waals surface area contributed by atoms with Gasteiger partial charge in [-0.05, 0) is 30.7 Å². The number of anilines is 1. The summed E-state index contributed by atoms with van der Waals surface area (Å²) < 4.78 is 1.80. The molecule has 4 aromatic rings. The fourth-order valence-electron chi connectivity index (χ4n) is 3.65. The van der Waals surface area contributed by atoms with Crippen LogP contribution in [0.4, 0.5) is 5.69 Å². The largest absolute Gasteiger partial charge is 0.311 e. The lowest BCUT2D eigenvalue weighted by atomic mass is 10.2. The summed E-state index contributed by atoms with van der Waals surface area (Å²) in [4.78, 5) is 25.1. The maximum atomic E-state index is 13.2. The minimum atomic E-state index is 0.0920. The zero-order valence-corrected chi connectivity index (χ0v) is 18.6. The Morgan fingerprint density at radius 2 is 1.94 bits per heavy atom. The van der Waals surface area contributed by atoms with Crippen LogP contribution in [0.1, 0.15) is 13.3 Å². The first-order valence-corrected chi connectivity index (χ1v) is 12.0. The van der Waals surface area contributed by atoms with Crippen molar-refractivity contribution in [3.05, 3.63) is 67.1 Å². The number of aromatic nitrogens is 4. The number of rotatable bonds is 4. The molecule has 0 bridgehead atoms. The molecule has 0 N–H and O–H groups in total. The molecule has 3 heterocycles. The van der Waals surface area contributed by atoms with Gasteiger partial charge >= 0.3 is 0 Å². The molecule has 0 radical (unpaired) electrons. The Hall–Kier alpha value is -2.84. The third-order valence-corrected chi connectivity index (χ3v) is 7.43. The Balaban J connectivity index is 1.38. The molecule has 2 aromatic carbocycles. The second-order valence-corrected chi connectivity index (χ2v) is 9.77. The summed E-state index contributed by atoms with van der Waals surface area (Å²) in [6, 6.07) is 18.0. The van der Waals surface area contributed by atoms with Crippen LogP contribution in [0.5, 0.6) is 0 Å². The Bertz CT molecular complexity index is 1230. The minimum Gasteiger partial charge on any atom is -0.311 e. The van der Waals surface area contributed by atoms with Gasteiger partial charge in [0.1, 0.15) is 11.4 Å². The third-order valence-electron chi connectivity index (χ3n) is 5.21. The van der Waals surface area contributed by atoms with Gasteiger partial charge in [-0.3, -0.25) is 4.79 Å². The highest BCUT2D eigenvalue weighted by molar-refractivity contribution is 8.00. The van der Waals surface area contributed by atoms with Crippen molar-refractivity contribution < 1.29 is 4.79 Å². The third kappa shape index (κ3) is 4.05. The van der Waals surface area contributed by atoms with Gasteiger partial charge in [-0.1, -0.05) is 49.0 Å². The summed E-state index contributed by atoms with van der Waals surface area (Å²) >= 11 is 3.28. The number of thioether (sulfide) groups is 2. The maximum absolute atomic E-state index is 13.2. The van der Waals surface area contributed by atoms with Crippen molar-refractivity contribution in [3.8, 4) is 5.69 Å². The SMILES string of the molecule is CC1CCN(C(=O)CSc2ncnc3c2cnn3-c2ccccc2)c2ccccc2S1. The van der Waals surface area contributed by atoms with Crippen LogP contribution in [0.15, 0.2) is 77.0 Å². The molecule has 1 aliphatic heterocycles. The zero-order valence-electron chi connectivity index (χ0n) is 17.0. The first-order chi connectivity index (χ1) is 15.2. The van der Waals surface area contributed by atoms with Crippen LogP contribution in [-0.2, 0) is 4.79 Å². The second-order valence-electron chi connectivity index (χ2n) is 7.33. The zero-order chi connectivity index (χ0) is 21.2. The molecule has 0 aliphatic carbocycles. The highest BCUT2D eigenvalue weighted by Gasteiger charge is 2.24. The van der Waals surface area contributed by atoms with Crippen molar-refractivity contribution in [2.75, 3.05) is 17.2 Å². The van der Waals surface area contributed by atoms with Gasteiger partial charge in [-0.25, -0.2) is 14.6 Å². The lowest BCUT2D eigenvalue weighted by molar-refractivity contribution is -0.116. The van der Waals surface area contributed by atoms with E-state index in [0.29, 0.717) is 11.0 Å². The van der Waals surface area contributed by atoms with Gasteiger partial charge < -0.3 is 4.90 Å². The summed E-state index contributed by atoms with van der Waals surface area (Å²) in [5.74, 6) is 0.407. The molecule has 0 saturated heterocycles. The maximum Gasteiger partial charge on any atom is 0.237 e. The van der Waals surface area contributed by atoms with Gasteiger partial charge in [0.15, 0.2) is 5.65 Å². The molecule has 1 unspecified atom stereocenters. The lowest BCUT2D eigenvalue weighted by Gasteiger charge is -2.22. The molecule has 1 aliphatic rings. The van der Waals surface area contributed by atoms with Crippen LogP contribution in [0.25, 0.3) is 16.7 Å². The molecular weight excluding hydrogens is 426 g/mol. The van der Waals surface area contributed by atoms with Crippen LogP contribution in [0, 0.1) is 0 Å². The van der Waals surface area contributed by atoms with E-state index in [-0.39, 0.29) is 5.91 Å². The van der Waals surface area contributed by atoms with E-state index in [1.54, 1.807) is 10.9 Å². The Morgan fingerprint density at radius 3 is 2.81 bits per heavy atom. The predicted molar refractivity (Wildman–Crippen MR) is 126 cm³/mol. The molecule has 0 spiro atoms. The van der Waals surface area contributed by atoms with E-state index < -0.39 is 0 Å². The molecule has 0 saturated carbocycles. The fraction of sp³-hybridized carbons (Fsp3) is 0.217. The number of nitrogens with zero attached hydrogens (tertiary/aromatic N) is 5. The standard InChI is InChI=1S/C23H21N5OS2/c1-16-11-12-27(19-9-5-6-10-20(19)31-16)21(29)14-30-23-18-13-26-28(22(18)24-15-25-23)17-7-3-2-4-8-17/h2-10,13,15-16H,11-12,14H2,1H3. The van der Waals surface area contributed by atoms with E-state index in [0.717, 1.165) is 40.4 Å². The van der Waals surface area contributed by atoms with Crippen molar-refractivity contribution in [1.82, 2.24) is 19.7 Å². The Morgan fingerprint density at radius 1 is 1.13 bits per heavy atom. The number of hydrogen-bond acceptors (Lipinski definition) is 6. The van der Waals surface area contributed by atoms with E-state index in [2.05, 4.69) is 28.1 Å². The normalized spacial score (nSPS) is 16.2. The summed E-state index contributed by atoms with van der Waals surface area (Å²) in [5.41, 5.74) is 2.68. The summed E-state index contributed by atoms with van der Waals surface area (Å²) in [6.07, 6.45) is 4.28. The lowest BCUT2D eigenvalue weighted by Crippen LogP contribution is -2.33. The first-order valence-electron chi connectivity index (χ1n) is 10.1. The summed E-state index contributed by atoms with van der Waals surface area (Å²) in [5, 5.41) is 6.60. The molecule has 1 atom stereocenters. The molecular formula is C23H21N5OS2. The van der Waals surface area contributed by atoms with Crippen molar-refractivity contribution in [2.45, 2.75) is 28.5 Å². The highest BCUT2D eigenvalue weighted by atomic mass is 32.2. The second kappa shape index (κ2) is 8.72. The van der Waals surface area contributed by atoms with E-state index >= 15 is 0 Å². The predicted octanol–water partition coefficient (Wildman–Crippen LogP) is 4.83. The number of hydrogen-bond donors (Lipinski definition) is 0. The molecule has 6 nitrogen and oxygen atoms in total. The average Bonchev–Trinajstić information content (AvgIpc) is 3.16. The minimum absolute atomic E-state index is 0.0920. The molecule has 156 valence electrons. The molecule has 1 amide bonds. The molecule has 8 heteroatoms. The van der Waals surface area contributed by atoms with Crippen LogP contribution >= 0.6 is 23.5 Å². The van der Waals surface area contributed by atoms with Crippen molar-refractivity contribution in [1.29, 1.82) is 0 Å². The monoisotopic (exact) mass is 447 g/mol. The summed E-state index contributed by atoms with van der Waals surface area (Å²) in [7, 11) is 0. The Kier molecular flexibility index (Phi) is 5.65. The van der Waals surface area contributed by atoms with Gasteiger partial charge in [0.2, 0.25) is 5.91 Å². The van der Waals surface area contributed by atoms with Crippen LogP contribution in [0.2, 0.25) is 0 Å². The molecule has 0 fully saturated rings. The van der Waals surface area contributed by atoms with Crippen LogP contribution in [-0.4, -0.2) is 43.2 Å². The van der Waals surface area contributed by atoms with E-state index in [9.17, 15) is 4.79 Å². The number of benzene rings is 2. The molecule has 5 rings (SSSR count). The van der Waals surface area contributed by atoms with Gasteiger partial charge in [0, 0.05) is 16.7 Å². The number of carbonyl (C=O) groups excluding carboxylic acids is 1. The van der Waals surface area contributed by atoms with Gasteiger partial charge in [-0.2, -0.15) is 5.10 Å². The van der Waals surface area contributed by atoms with Crippen molar-refractivity contribution >= 4 is 46.2 Å². The van der Waals surface area contributed by atoms with Gasteiger partial charge in [-0.15, -0.1) is 11.8 Å². The highest BCUT2D eigenvalue weighted by Crippen LogP contribution is 2.37. The number of fused-ring (bicyclic) bond motifs is 2. The van der Waals surface area contributed by atoms with E-state index in [1.165, 1.54) is 23.0 Å². The average molecular weight is 448 g/mol. The smallest absolute Gasteiger partial charge is 0.237 e. The van der Waals surface area contributed by atoms with E-state index in [4.69, 9.17) is 0 Å². The quantitative estimate of drug-likeness (QED) is 0.330. The van der Waals surface area contributed by atoms with Crippen LogP contribution in [0.3, 0.4) is 0 Å². The number of carbonyl (C=O) groups is 1. The van der Waals surface area contributed by atoms with Crippen molar-refractivity contribution in [3.63, 3.8) is 0 Å². The van der Waals surface area contributed by atoms with Gasteiger partial charge in [0.05, 0.1) is 28.7 Å². The topological polar surface area (TPSA) is 63.9 Å². The Labute approximate surface area is 189 Å². The van der Waals surface area contributed by atoms with Crippen LogP contribution < -0.4 is 4.90 Å². The fourth-order valence-corrected chi connectivity index (χ4v) is 5.60. The van der Waals surface area contributed by atoms with E-state index in [1.807, 2.05) is 65.2 Å². The number of para-hydroxylation sites is 2. The summed E-state index contributed by atoms with van der Waals surface area (Å²) in [6.45, 7) is 2.95. The molecule has 2 aromatic heterocycles. The van der Waals surface area contributed by atoms with Gasteiger partial charge in [0.25, 0.3) is 0 Å². The first kappa shape index (κ1) is 20.1.